The highest BCUT2D eigenvalue weighted by Gasteiger charge is 2.25. The van der Waals surface area contributed by atoms with Crippen LogP contribution in [-0.2, 0) is 9.84 Å². The number of ketones is 2. The largest absolute Gasteiger partial charge is 0.508 e. The molecule has 4 aromatic carbocycles. The third-order valence-corrected chi connectivity index (χ3v) is 6.69. The predicted octanol–water partition coefficient (Wildman–Crippen LogP) is 5.08. The number of sulfone groups is 1. The zero-order valence-electron chi connectivity index (χ0n) is 17.2. The fourth-order valence-corrected chi connectivity index (χ4v) is 4.59. The Labute approximate surface area is 190 Å². The van der Waals surface area contributed by atoms with Gasteiger partial charge in [0, 0.05) is 5.56 Å². The maximum Gasteiger partial charge on any atom is 0.237 e. The van der Waals surface area contributed by atoms with Crippen molar-refractivity contribution in [3.8, 4) is 17.2 Å². The molecule has 0 unspecified atom stereocenters. The summed E-state index contributed by atoms with van der Waals surface area (Å²) < 4.78 is 32.2. The van der Waals surface area contributed by atoms with E-state index >= 15 is 0 Å². The fraction of sp³-hybridized carbons (Fsp3) is 0. The number of phenolic OH excluding ortho intramolecular Hbond substituents is 1. The van der Waals surface area contributed by atoms with Crippen LogP contribution in [-0.4, -0.2) is 25.1 Å². The lowest BCUT2D eigenvalue weighted by Crippen LogP contribution is -2.15. The molecule has 0 aromatic heterocycles. The van der Waals surface area contributed by atoms with E-state index in [1.165, 1.54) is 48.5 Å². The first-order valence-electron chi connectivity index (χ1n) is 9.92. The zero-order chi connectivity index (χ0) is 23.4. The van der Waals surface area contributed by atoms with Gasteiger partial charge < -0.3 is 9.84 Å². The number of hydrogen-bond donors (Lipinski definition) is 1. The molecule has 0 amide bonds. The van der Waals surface area contributed by atoms with Crippen molar-refractivity contribution in [1.82, 2.24) is 0 Å². The summed E-state index contributed by atoms with van der Waals surface area (Å²) in [5.74, 6) is -1.47. The number of carbonyl (C=O) groups is 2. The quantitative estimate of drug-likeness (QED) is 0.306. The third-order valence-electron chi connectivity index (χ3n) is 4.88. The number of ether oxygens (including phenoxy) is 1. The lowest BCUT2D eigenvalue weighted by Gasteiger charge is -2.14. The molecule has 0 aliphatic carbocycles. The molecule has 0 spiro atoms. The minimum absolute atomic E-state index is 0.00187. The molecule has 4 rings (SSSR count). The van der Waals surface area contributed by atoms with Crippen LogP contribution in [0.4, 0.5) is 0 Å². The van der Waals surface area contributed by atoms with Crippen molar-refractivity contribution in [2.75, 3.05) is 0 Å². The van der Waals surface area contributed by atoms with E-state index in [9.17, 15) is 23.1 Å². The Balaban J connectivity index is 1.72. The number of rotatable bonds is 7. The number of aromatic hydroxyl groups is 1. The second-order valence-corrected chi connectivity index (χ2v) is 8.98. The lowest BCUT2D eigenvalue weighted by atomic mass is 10.0. The van der Waals surface area contributed by atoms with Gasteiger partial charge in [-0.3, -0.25) is 9.59 Å². The first-order chi connectivity index (χ1) is 15.9. The summed E-state index contributed by atoms with van der Waals surface area (Å²) in [7, 11) is -3.99. The molecule has 0 saturated heterocycles. The fourth-order valence-electron chi connectivity index (χ4n) is 3.21. The average molecular weight is 458 g/mol. The summed E-state index contributed by atoms with van der Waals surface area (Å²) in [6, 6.07) is 25.5. The van der Waals surface area contributed by atoms with Crippen LogP contribution in [0.2, 0.25) is 0 Å². The van der Waals surface area contributed by atoms with Crippen molar-refractivity contribution in [3.63, 3.8) is 0 Å². The molecule has 0 saturated carbocycles. The van der Waals surface area contributed by atoms with Gasteiger partial charge in [-0.1, -0.05) is 54.6 Å². The van der Waals surface area contributed by atoms with Gasteiger partial charge in [0.15, 0.2) is 0 Å². The van der Waals surface area contributed by atoms with Crippen LogP contribution in [0.1, 0.15) is 20.7 Å². The van der Waals surface area contributed by atoms with Gasteiger partial charge in [0.1, 0.15) is 22.1 Å². The van der Waals surface area contributed by atoms with Crippen LogP contribution < -0.4 is 4.74 Å². The van der Waals surface area contributed by atoms with Crippen molar-refractivity contribution in [2.45, 2.75) is 9.79 Å². The average Bonchev–Trinajstić information content (AvgIpc) is 2.84. The summed E-state index contributed by atoms with van der Waals surface area (Å²) in [6.07, 6.45) is 0. The minimum Gasteiger partial charge on any atom is -0.508 e. The van der Waals surface area contributed by atoms with Crippen LogP contribution in [0.15, 0.2) is 113 Å². The number of phenols is 1. The molecule has 0 atom stereocenters. The smallest absolute Gasteiger partial charge is 0.237 e. The van der Waals surface area contributed by atoms with Crippen molar-refractivity contribution in [2.24, 2.45) is 0 Å². The van der Waals surface area contributed by atoms with E-state index in [1.807, 2.05) is 0 Å². The summed E-state index contributed by atoms with van der Waals surface area (Å²) in [4.78, 5) is 25.4. The minimum atomic E-state index is -3.99. The van der Waals surface area contributed by atoms with Gasteiger partial charge in [-0.15, -0.1) is 0 Å². The Bertz CT molecular complexity index is 1430. The van der Waals surface area contributed by atoms with Crippen molar-refractivity contribution in [3.05, 3.63) is 114 Å². The molecule has 0 radical (unpaired) electrons. The summed E-state index contributed by atoms with van der Waals surface area (Å²) >= 11 is 0. The molecule has 164 valence electrons. The number of Topliss-reactive ketones (excluding diaryl/α,β-unsaturated/α-hetero) is 2. The Kier molecular flexibility index (Phi) is 6.06. The molecule has 0 fully saturated rings. The van der Waals surface area contributed by atoms with Crippen LogP contribution >= 0.6 is 0 Å². The molecule has 4 aromatic rings. The highest BCUT2D eigenvalue weighted by Crippen LogP contribution is 2.34. The lowest BCUT2D eigenvalue weighted by molar-refractivity contribution is 0.0815. The Morgan fingerprint density at radius 1 is 0.636 bits per heavy atom. The molecular formula is C26H18O6S. The topological polar surface area (TPSA) is 97.7 Å². The van der Waals surface area contributed by atoms with Gasteiger partial charge >= 0.3 is 0 Å². The highest BCUT2D eigenvalue weighted by atomic mass is 32.2. The first-order valence-corrected chi connectivity index (χ1v) is 11.4. The molecular weight excluding hydrogens is 440 g/mol. The standard InChI is InChI=1S/C26H18O6S/c27-19-14-16-20(17-15-19)33(30,31)24-13-7-6-12-23(24)32-22-11-5-4-10-21(22)26(29)25(28)18-8-2-1-3-9-18/h1-17,27H. The summed E-state index contributed by atoms with van der Waals surface area (Å²) in [5, 5.41) is 9.47. The summed E-state index contributed by atoms with van der Waals surface area (Å²) in [6.45, 7) is 0. The van der Waals surface area contributed by atoms with Crippen molar-refractivity contribution < 1.29 is 27.9 Å². The second kappa shape index (κ2) is 9.10. The van der Waals surface area contributed by atoms with Gasteiger partial charge in [-0.25, -0.2) is 8.42 Å². The molecule has 0 aliphatic rings. The van der Waals surface area contributed by atoms with Gasteiger partial charge in [0.25, 0.3) is 0 Å². The van der Waals surface area contributed by atoms with E-state index in [2.05, 4.69) is 0 Å². The second-order valence-electron chi connectivity index (χ2n) is 7.07. The SMILES string of the molecule is O=C(C(=O)c1ccccc1Oc1ccccc1S(=O)(=O)c1ccc(O)cc1)c1ccccc1. The molecule has 7 heteroatoms. The summed E-state index contributed by atoms with van der Waals surface area (Å²) in [5.41, 5.74) is 0.260. The van der Waals surface area contributed by atoms with Gasteiger partial charge in [0.2, 0.25) is 21.4 Å². The number of carbonyl (C=O) groups excluding carboxylic acids is 2. The van der Waals surface area contributed by atoms with E-state index in [0.29, 0.717) is 0 Å². The third kappa shape index (κ3) is 4.53. The number of benzene rings is 4. The van der Waals surface area contributed by atoms with E-state index in [1.54, 1.807) is 54.6 Å². The molecule has 1 N–H and O–H groups in total. The normalized spacial score (nSPS) is 11.0. The zero-order valence-corrected chi connectivity index (χ0v) is 18.0. The molecule has 0 aliphatic heterocycles. The molecule has 0 heterocycles. The van der Waals surface area contributed by atoms with Crippen LogP contribution in [0.3, 0.4) is 0 Å². The van der Waals surface area contributed by atoms with Crippen LogP contribution in [0.5, 0.6) is 17.2 Å². The van der Waals surface area contributed by atoms with E-state index < -0.39 is 21.4 Å². The van der Waals surface area contributed by atoms with Crippen LogP contribution in [0.25, 0.3) is 0 Å². The van der Waals surface area contributed by atoms with Crippen molar-refractivity contribution in [1.29, 1.82) is 0 Å². The molecule has 6 nitrogen and oxygen atoms in total. The van der Waals surface area contributed by atoms with E-state index in [4.69, 9.17) is 4.74 Å². The maximum atomic E-state index is 13.2. The van der Waals surface area contributed by atoms with Gasteiger partial charge in [-0.05, 0) is 48.5 Å². The monoisotopic (exact) mass is 458 g/mol. The first kappa shape index (κ1) is 22.0. The Morgan fingerprint density at radius 2 is 1.21 bits per heavy atom. The van der Waals surface area contributed by atoms with Crippen LogP contribution in [0, 0.1) is 0 Å². The van der Waals surface area contributed by atoms with Gasteiger partial charge in [-0.2, -0.15) is 0 Å². The van der Waals surface area contributed by atoms with E-state index in [-0.39, 0.29) is 38.2 Å². The Morgan fingerprint density at radius 3 is 1.91 bits per heavy atom. The number of para-hydroxylation sites is 2. The molecule has 0 bridgehead atoms. The van der Waals surface area contributed by atoms with Crippen molar-refractivity contribution >= 4 is 21.4 Å². The van der Waals surface area contributed by atoms with E-state index in [0.717, 1.165) is 0 Å². The highest BCUT2D eigenvalue weighted by molar-refractivity contribution is 7.91. The predicted molar refractivity (Wildman–Crippen MR) is 122 cm³/mol. The maximum absolute atomic E-state index is 13.2. The Hall–Kier alpha value is -4.23. The number of hydrogen-bond acceptors (Lipinski definition) is 6. The van der Waals surface area contributed by atoms with Gasteiger partial charge in [0.05, 0.1) is 10.5 Å². The molecule has 33 heavy (non-hydrogen) atoms.